The predicted octanol–water partition coefficient (Wildman–Crippen LogP) is 3.81. The first-order valence-corrected chi connectivity index (χ1v) is 15.4. The first-order chi connectivity index (χ1) is 20.6. The highest BCUT2D eigenvalue weighted by Crippen LogP contribution is 2.34. The summed E-state index contributed by atoms with van der Waals surface area (Å²) in [6.45, 7) is -0.422. The minimum atomic E-state index is -3.71. The number of rotatable bonds is 9. The molecule has 1 aliphatic heterocycles. The van der Waals surface area contributed by atoms with Crippen molar-refractivity contribution < 1.29 is 27.0 Å². The summed E-state index contributed by atoms with van der Waals surface area (Å²) >= 11 is 0. The maximum absolute atomic E-state index is 13.2. The zero-order valence-corrected chi connectivity index (χ0v) is 24.1. The van der Waals surface area contributed by atoms with Crippen molar-refractivity contribution in [2.45, 2.75) is 62.5 Å². The van der Waals surface area contributed by atoms with Gasteiger partial charge in [-0.3, -0.25) is 0 Å². The van der Waals surface area contributed by atoms with Gasteiger partial charge >= 0.3 is 6.55 Å². The average molecular weight is 616 g/mol. The van der Waals surface area contributed by atoms with Crippen molar-refractivity contribution in [2.24, 2.45) is 0 Å². The molecule has 13 nitrogen and oxygen atoms in total. The Labute approximate surface area is 246 Å². The van der Waals surface area contributed by atoms with Crippen LogP contribution in [0.1, 0.15) is 45.6 Å². The summed E-state index contributed by atoms with van der Waals surface area (Å²) in [4.78, 5) is 13.3. The molecule has 0 radical (unpaired) electrons. The molecule has 2 aliphatic rings. The molecule has 4 aromatic heterocycles. The molecule has 3 N–H and O–H groups in total. The first kappa shape index (κ1) is 29.1. The van der Waals surface area contributed by atoms with E-state index in [0.717, 1.165) is 16.9 Å². The molecule has 0 aromatic carbocycles. The van der Waals surface area contributed by atoms with E-state index in [2.05, 4.69) is 35.8 Å². The van der Waals surface area contributed by atoms with Crippen LogP contribution in [0.25, 0.3) is 22.6 Å². The summed E-state index contributed by atoms with van der Waals surface area (Å²) in [5.41, 5.74) is 1.23. The Morgan fingerprint density at radius 1 is 1.14 bits per heavy atom. The number of hydrogen-bond acceptors (Lipinski definition) is 11. The molecule has 4 aromatic rings. The third kappa shape index (κ3) is 6.35. The summed E-state index contributed by atoms with van der Waals surface area (Å²) in [5, 5.41) is 24.4. The van der Waals surface area contributed by atoms with E-state index >= 15 is 0 Å². The summed E-state index contributed by atoms with van der Waals surface area (Å²) in [6, 6.07) is 4.95. The maximum Gasteiger partial charge on any atom is 0.333 e. The van der Waals surface area contributed by atoms with Gasteiger partial charge in [0.15, 0.2) is 5.82 Å². The molecule has 228 valence electrons. The Morgan fingerprint density at radius 2 is 1.95 bits per heavy atom. The SMILES string of the molecule is CC1(O)CCC(Nc2cc(Nc3ccnc(-c4cnn(S(=O)(=O)C5CCOC5)c4)n3)ncc2-c2ccn(C(F)F)n2)CC1. The molecule has 1 saturated heterocycles. The molecule has 1 atom stereocenters. The van der Waals surface area contributed by atoms with Crippen LogP contribution in [0, 0.1) is 0 Å². The summed E-state index contributed by atoms with van der Waals surface area (Å²) in [5.74, 6) is 1.08. The second-order valence-electron chi connectivity index (χ2n) is 11.0. The zero-order chi connectivity index (χ0) is 30.2. The molecule has 43 heavy (non-hydrogen) atoms. The molecule has 1 unspecified atom stereocenters. The van der Waals surface area contributed by atoms with Gasteiger partial charge in [-0.25, -0.2) is 28.1 Å². The number of alkyl halides is 2. The van der Waals surface area contributed by atoms with Crippen LogP contribution < -0.4 is 10.6 Å². The van der Waals surface area contributed by atoms with E-state index in [1.54, 1.807) is 18.3 Å². The Kier molecular flexibility index (Phi) is 7.83. The van der Waals surface area contributed by atoms with Gasteiger partial charge in [-0.05, 0) is 51.2 Å². The van der Waals surface area contributed by atoms with Gasteiger partial charge in [-0.1, -0.05) is 0 Å². The molecule has 0 amide bonds. The highest BCUT2D eigenvalue weighted by molar-refractivity contribution is 7.90. The third-order valence-electron chi connectivity index (χ3n) is 7.71. The van der Waals surface area contributed by atoms with Gasteiger partial charge in [0, 0.05) is 48.6 Å². The molecule has 5 heterocycles. The second kappa shape index (κ2) is 11.6. The Bertz CT molecular complexity index is 1690. The van der Waals surface area contributed by atoms with Gasteiger partial charge in [0.2, 0.25) is 0 Å². The maximum atomic E-state index is 13.2. The molecule has 1 saturated carbocycles. The predicted molar refractivity (Wildman–Crippen MR) is 153 cm³/mol. The Balaban J connectivity index is 1.25. The summed E-state index contributed by atoms with van der Waals surface area (Å²) in [7, 11) is -3.71. The second-order valence-corrected chi connectivity index (χ2v) is 13.1. The van der Waals surface area contributed by atoms with Crippen LogP contribution in [-0.2, 0) is 14.8 Å². The van der Waals surface area contributed by atoms with Gasteiger partial charge in [-0.2, -0.15) is 23.1 Å². The van der Waals surface area contributed by atoms with Crippen molar-refractivity contribution in [3.05, 3.63) is 49.2 Å². The van der Waals surface area contributed by atoms with Crippen LogP contribution in [0.15, 0.2) is 49.2 Å². The highest BCUT2D eigenvalue weighted by atomic mass is 32.2. The number of hydrogen-bond donors (Lipinski definition) is 3. The number of aliphatic hydroxyl groups is 1. The monoisotopic (exact) mass is 615 g/mol. The van der Waals surface area contributed by atoms with Crippen LogP contribution in [-0.4, -0.2) is 77.5 Å². The molecule has 16 heteroatoms. The smallest absolute Gasteiger partial charge is 0.333 e. The van der Waals surface area contributed by atoms with E-state index in [4.69, 9.17) is 4.74 Å². The van der Waals surface area contributed by atoms with Crippen molar-refractivity contribution in [3.63, 3.8) is 0 Å². The minimum Gasteiger partial charge on any atom is -0.390 e. The Hall–Kier alpha value is -4.02. The van der Waals surface area contributed by atoms with Crippen molar-refractivity contribution >= 4 is 27.3 Å². The fraction of sp³-hybridized carbons (Fsp3) is 0.444. The molecular weight excluding hydrogens is 584 g/mol. The minimum absolute atomic E-state index is 0.0562. The molecule has 1 aliphatic carbocycles. The molecular formula is C27H31F2N9O4S. The van der Waals surface area contributed by atoms with Crippen LogP contribution in [0.5, 0.6) is 0 Å². The van der Waals surface area contributed by atoms with E-state index in [-0.39, 0.29) is 18.5 Å². The van der Waals surface area contributed by atoms with Crippen molar-refractivity contribution in [3.8, 4) is 22.6 Å². The summed E-state index contributed by atoms with van der Waals surface area (Å²) in [6.07, 6.45) is 10.2. The lowest BCUT2D eigenvalue weighted by atomic mass is 9.83. The largest absolute Gasteiger partial charge is 0.390 e. The standard InChI is InChI=1S/C27H31F2N9O4S/c1-27(39)7-2-18(3-8-27)33-22-12-24(31-14-20(22)21-5-10-37(36-21)26(28)29)34-23-4-9-30-25(35-23)17-13-32-38(15-17)43(40,41)19-6-11-42-16-19/h4-5,9-10,12-15,18-19,26,39H,2-3,6-8,11,16H2,1H3,(H2,30,31,33,34,35). The van der Waals surface area contributed by atoms with Gasteiger partial charge < -0.3 is 20.5 Å². The lowest BCUT2D eigenvalue weighted by Crippen LogP contribution is -2.35. The molecule has 0 bridgehead atoms. The first-order valence-electron chi connectivity index (χ1n) is 13.9. The van der Waals surface area contributed by atoms with Gasteiger partial charge in [0.25, 0.3) is 10.0 Å². The summed E-state index contributed by atoms with van der Waals surface area (Å²) < 4.78 is 58.9. The number of nitrogens with one attached hydrogen (secondary N) is 2. The fourth-order valence-electron chi connectivity index (χ4n) is 5.20. The molecule has 2 fully saturated rings. The van der Waals surface area contributed by atoms with Crippen LogP contribution in [0.4, 0.5) is 26.1 Å². The number of anilines is 3. The number of aromatic nitrogens is 7. The van der Waals surface area contributed by atoms with Crippen molar-refractivity contribution in [1.82, 2.24) is 33.9 Å². The van der Waals surface area contributed by atoms with Crippen molar-refractivity contribution in [2.75, 3.05) is 23.8 Å². The van der Waals surface area contributed by atoms with E-state index in [0.29, 0.717) is 64.7 Å². The number of pyridine rings is 1. The highest BCUT2D eigenvalue weighted by Gasteiger charge is 2.32. The number of halogens is 2. The lowest BCUT2D eigenvalue weighted by molar-refractivity contribution is 0.0196. The molecule has 0 spiro atoms. The van der Waals surface area contributed by atoms with E-state index in [1.165, 1.54) is 30.9 Å². The van der Waals surface area contributed by atoms with Gasteiger partial charge in [-0.15, -0.1) is 0 Å². The third-order valence-corrected chi connectivity index (χ3v) is 9.65. The van der Waals surface area contributed by atoms with Crippen LogP contribution in [0.3, 0.4) is 0 Å². The van der Waals surface area contributed by atoms with Gasteiger partial charge in [0.05, 0.1) is 35.9 Å². The topological polar surface area (TPSA) is 162 Å². The zero-order valence-electron chi connectivity index (χ0n) is 23.3. The van der Waals surface area contributed by atoms with Gasteiger partial charge in [0.1, 0.15) is 16.9 Å². The normalized spacial score (nSPS) is 22.6. The Morgan fingerprint density at radius 3 is 2.67 bits per heavy atom. The number of nitrogens with zero attached hydrogens (tertiary/aromatic N) is 7. The molecule has 6 rings (SSSR count). The van der Waals surface area contributed by atoms with E-state index in [9.17, 15) is 22.3 Å². The van der Waals surface area contributed by atoms with Crippen molar-refractivity contribution in [1.29, 1.82) is 0 Å². The van der Waals surface area contributed by atoms with Crippen LogP contribution in [0.2, 0.25) is 0 Å². The van der Waals surface area contributed by atoms with E-state index in [1.807, 2.05) is 6.92 Å². The number of ether oxygens (including phenoxy) is 1. The quantitative estimate of drug-likeness (QED) is 0.251. The van der Waals surface area contributed by atoms with E-state index < -0.39 is 27.4 Å². The fourth-order valence-corrected chi connectivity index (χ4v) is 6.61. The van der Waals surface area contributed by atoms with Crippen LogP contribution >= 0.6 is 0 Å². The lowest BCUT2D eigenvalue weighted by Gasteiger charge is -2.34. The average Bonchev–Trinajstić information content (AvgIpc) is 3.77.